The van der Waals surface area contributed by atoms with E-state index in [0.717, 1.165) is 38.5 Å². The zero-order valence-corrected chi connectivity index (χ0v) is 11.7. The lowest BCUT2D eigenvalue weighted by Crippen LogP contribution is -2.46. The van der Waals surface area contributed by atoms with Crippen molar-refractivity contribution in [3.05, 3.63) is 23.8 Å². The summed E-state index contributed by atoms with van der Waals surface area (Å²) in [6, 6.07) is 8.50. The van der Waals surface area contributed by atoms with E-state index in [9.17, 15) is 0 Å². The number of nitriles is 1. The Bertz CT molecular complexity index is 459. The van der Waals surface area contributed by atoms with Crippen LogP contribution in [0.5, 0.6) is 5.75 Å². The molecule has 4 heteroatoms. The Balaban J connectivity index is 2.01. The molecule has 19 heavy (non-hydrogen) atoms. The van der Waals surface area contributed by atoms with E-state index in [1.54, 1.807) is 7.11 Å². The number of rotatable bonds is 4. The van der Waals surface area contributed by atoms with E-state index in [1.807, 2.05) is 6.07 Å². The molecule has 0 saturated carbocycles. The molecule has 0 radical (unpaired) electrons. The predicted molar refractivity (Wildman–Crippen MR) is 76.6 cm³/mol. The second kappa shape index (κ2) is 6.44. The Morgan fingerprint density at radius 1 is 1.26 bits per heavy atom. The summed E-state index contributed by atoms with van der Waals surface area (Å²) >= 11 is 0. The third-order valence-electron chi connectivity index (χ3n) is 3.59. The zero-order chi connectivity index (χ0) is 13.7. The summed E-state index contributed by atoms with van der Waals surface area (Å²) in [5.74, 6) is 0.941. The number of hydrogen-bond acceptors (Lipinski definition) is 4. The van der Waals surface area contributed by atoms with Crippen molar-refractivity contribution < 1.29 is 4.74 Å². The van der Waals surface area contributed by atoms with Crippen LogP contribution in [0.4, 0.5) is 5.69 Å². The standard InChI is InChI=1S/C15H21N3O/c1-13-4-5-15(19-2)14(12-13)18-10-8-17(9-11-18)7-3-6-16/h4-5,12H,3,7-11H2,1-2H3. The molecule has 0 amide bonds. The Morgan fingerprint density at radius 3 is 2.63 bits per heavy atom. The maximum atomic E-state index is 8.62. The Kier molecular flexibility index (Phi) is 4.64. The number of hydrogen-bond donors (Lipinski definition) is 0. The minimum absolute atomic E-state index is 0.619. The van der Waals surface area contributed by atoms with E-state index >= 15 is 0 Å². The van der Waals surface area contributed by atoms with Gasteiger partial charge in [0.2, 0.25) is 0 Å². The fraction of sp³-hybridized carbons (Fsp3) is 0.533. The zero-order valence-electron chi connectivity index (χ0n) is 11.7. The molecule has 1 aliphatic rings. The molecule has 2 rings (SSSR count). The van der Waals surface area contributed by atoms with Crippen molar-refractivity contribution in [2.45, 2.75) is 13.3 Å². The van der Waals surface area contributed by atoms with Crippen LogP contribution in [0.1, 0.15) is 12.0 Å². The second-order valence-corrected chi connectivity index (χ2v) is 4.91. The van der Waals surface area contributed by atoms with E-state index in [4.69, 9.17) is 10.00 Å². The molecule has 1 aromatic carbocycles. The van der Waals surface area contributed by atoms with Crippen LogP contribution >= 0.6 is 0 Å². The summed E-state index contributed by atoms with van der Waals surface area (Å²) in [6.07, 6.45) is 0.619. The van der Waals surface area contributed by atoms with Crippen LogP contribution < -0.4 is 9.64 Å². The number of methoxy groups -OCH3 is 1. The van der Waals surface area contributed by atoms with Gasteiger partial charge in [-0.2, -0.15) is 5.26 Å². The first kappa shape index (κ1) is 13.7. The van der Waals surface area contributed by atoms with Crippen molar-refractivity contribution in [2.75, 3.05) is 44.7 Å². The van der Waals surface area contributed by atoms with Gasteiger partial charge in [-0.25, -0.2) is 0 Å². The van der Waals surface area contributed by atoms with Gasteiger partial charge in [-0.1, -0.05) is 6.07 Å². The van der Waals surface area contributed by atoms with Gasteiger partial charge in [0.15, 0.2) is 0 Å². The van der Waals surface area contributed by atoms with E-state index in [2.05, 4.69) is 34.9 Å². The number of benzene rings is 1. The van der Waals surface area contributed by atoms with Crippen LogP contribution in [0.25, 0.3) is 0 Å². The van der Waals surface area contributed by atoms with E-state index in [0.29, 0.717) is 6.42 Å². The number of piperazine rings is 1. The lowest BCUT2D eigenvalue weighted by Gasteiger charge is -2.36. The molecular formula is C15H21N3O. The van der Waals surface area contributed by atoms with Crippen LogP contribution in [-0.2, 0) is 0 Å². The first-order chi connectivity index (χ1) is 9.24. The highest BCUT2D eigenvalue weighted by molar-refractivity contribution is 5.60. The number of aryl methyl sites for hydroxylation is 1. The first-order valence-corrected chi connectivity index (χ1v) is 6.73. The topological polar surface area (TPSA) is 39.5 Å². The smallest absolute Gasteiger partial charge is 0.142 e. The van der Waals surface area contributed by atoms with Gasteiger partial charge < -0.3 is 9.64 Å². The van der Waals surface area contributed by atoms with Gasteiger partial charge in [-0.3, -0.25) is 4.90 Å². The quantitative estimate of drug-likeness (QED) is 0.829. The van der Waals surface area contributed by atoms with Crippen LogP contribution in [0.15, 0.2) is 18.2 Å². The second-order valence-electron chi connectivity index (χ2n) is 4.91. The molecular weight excluding hydrogens is 238 g/mol. The molecule has 0 spiro atoms. The van der Waals surface area contributed by atoms with Crippen molar-refractivity contribution in [3.63, 3.8) is 0 Å². The molecule has 1 fully saturated rings. The van der Waals surface area contributed by atoms with Gasteiger partial charge in [0.25, 0.3) is 0 Å². The van der Waals surface area contributed by atoms with E-state index in [1.165, 1.54) is 11.3 Å². The Morgan fingerprint density at radius 2 is 2.00 bits per heavy atom. The summed E-state index contributed by atoms with van der Waals surface area (Å²) in [6.45, 7) is 7.00. The molecule has 0 unspecified atom stereocenters. The highest BCUT2D eigenvalue weighted by Gasteiger charge is 2.19. The number of nitrogens with zero attached hydrogens (tertiary/aromatic N) is 3. The summed E-state index contributed by atoms with van der Waals surface area (Å²) in [5.41, 5.74) is 2.44. The Labute approximate surface area is 115 Å². The van der Waals surface area contributed by atoms with Crippen LogP contribution in [0.3, 0.4) is 0 Å². The molecule has 1 aliphatic heterocycles. The van der Waals surface area contributed by atoms with Gasteiger partial charge >= 0.3 is 0 Å². The molecule has 0 bridgehead atoms. The fourth-order valence-corrected chi connectivity index (χ4v) is 2.47. The van der Waals surface area contributed by atoms with E-state index < -0.39 is 0 Å². The fourth-order valence-electron chi connectivity index (χ4n) is 2.47. The van der Waals surface area contributed by atoms with Crippen molar-refractivity contribution >= 4 is 5.69 Å². The summed E-state index contributed by atoms with van der Waals surface area (Å²) in [7, 11) is 1.72. The molecule has 1 saturated heterocycles. The monoisotopic (exact) mass is 259 g/mol. The summed E-state index contributed by atoms with van der Waals surface area (Å²) < 4.78 is 5.45. The minimum atomic E-state index is 0.619. The molecule has 1 aromatic rings. The minimum Gasteiger partial charge on any atom is -0.495 e. The van der Waals surface area contributed by atoms with Crippen LogP contribution in [0, 0.1) is 18.3 Å². The maximum Gasteiger partial charge on any atom is 0.142 e. The third kappa shape index (κ3) is 3.39. The van der Waals surface area contributed by atoms with Gasteiger partial charge in [0.1, 0.15) is 5.75 Å². The third-order valence-corrected chi connectivity index (χ3v) is 3.59. The van der Waals surface area contributed by atoms with Crippen molar-refractivity contribution in [1.29, 1.82) is 5.26 Å². The predicted octanol–water partition coefficient (Wildman–Crippen LogP) is 2.04. The van der Waals surface area contributed by atoms with Gasteiger partial charge in [0.05, 0.1) is 18.9 Å². The lowest BCUT2D eigenvalue weighted by molar-refractivity contribution is 0.262. The SMILES string of the molecule is COc1ccc(C)cc1N1CCN(CCC#N)CC1. The first-order valence-electron chi connectivity index (χ1n) is 6.73. The molecule has 0 atom stereocenters. The number of anilines is 1. The lowest BCUT2D eigenvalue weighted by atomic mass is 10.1. The van der Waals surface area contributed by atoms with Crippen molar-refractivity contribution in [1.82, 2.24) is 4.90 Å². The van der Waals surface area contributed by atoms with Crippen molar-refractivity contribution in [2.24, 2.45) is 0 Å². The van der Waals surface area contributed by atoms with Gasteiger partial charge in [0, 0.05) is 39.1 Å². The highest BCUT2D eigenvalue weighted by atomic mass is 16.5. The molecule has 102 valence electrons. The normalized spacial score (nSPS) is 16.2. The van der Waals surface area contributed by atoms with E-state index in [-0.39, 0.29) is 0 Å². The molecule has 4 nitrogen and oxygen atoms in total. The Hall–Kier alpha value is -1.73. The van der Waals surface area contributed by atoms with Crippen LogP contribution in [-0.4, -0.2) is 44.7 Å². The summed E-state index contributed by atoms with van der Waals surface area (Å²) in [5, 5.41) is 8.62. The average molecular weight is 259 g/mol. The highest BCUT2D eigenvalue weighted by Crippen LogP contribution is 2.29. The molecule has 0 aliphatic carbocycles. The van der Waals surface area contributed by atoms with Gasteiger partial charge in [-0.15, -0.1) is 0 Å². The van der Waals surface area contributed by atoms with Gasteiger partial charge in [-0.05, 0) is 24.6 Å². The molecule has 0 N–H and O–H groups in total. The van der Waals surface area contributed by atoms with Crippen molar-refractivity contribution in [3.8, 4) is 11.8 Å². The van der Waals surface area contributed by atoms with Crippen LogP contribution in [0.2, 0.25) is 0 Å². The average Bonchev–Trinajstić information content (AvgIpc) is 2.45. The molecule has 0 aromatic heterocycles. The summed E-state index contributed by atoms with van der Waals surface area (Å²) in [4.78, 5) is 4.72. The largest absolute Gasteiger partial charge is 0.495 e. The number of ether oxygens (including phenoxy) is 1. The molecule has 1 heterocycles. The maximum absolute atomic E-state index is 8.62.